The van der Waals surface area contributed by atoms with E-state index in [2.05, 4.69) is 54.3 Å². The van der Waals surface area contributed by atoms with Crippen molar-refractivity contribution in [2.45, 2.75) is 58.7 Å². The highest BCUT2D eigenvalue weighted by molar-refractivity contribution is 5.35. The zero-order chi connectivity index (χ0) is 24.0. The molecule has 3 aromatic rings. The molecule has 1 aromatic heterocycles. The molecule has 0 unspecified atom stereocenters. The molecule has 0 spiro atoms. The lowest BCUT2D eigenvalue weighted by atomic mass is 9.92. The molecular weight excluding hydrogens is 426 g/mol. The number of piperidine rings is 1. The molecule has 1 fully saturated rings. The Hall–Kier alpha value is -2.83. The van der Waals surface area contributed by atoms with Crippen molar-refractivity contribution in [3.8, 4) is 11.5 Å². The van der Waals surface area contributed by atoms with Crippen molar-refractivity contribution in [2.24, 2.45) is 0 Å². The smallest absolute Gasteiger partial charge is 0.122 e. The molecule has 6 heteroatoms. The molecule has 1 aliphatic heterocycles. The molecule has 1 aliphatic rings. The van der Waals surface area contributed by atoms with Crippen LogP contribution < -0.4 is 9.47 Å². The van der Waals surface area contributed by atoms with E-state index >= 15 is 0 Å². The minimum absolute atomic E-state index is 0.339. The second-order valence-electron chi connectivity index (χ2n) is 9.69. The molecule has 6 nitrogen and oxygen atoms in total. The van der Waals surface area contributed by atoms with Gasteiger partial charge in [0, 0.05) is 38.8 Å². The molecule has 0 radical (unpaired) electrons. The van der Waals surface area contributed by atoms with Gasteiger partial charge in [0.15, 0.2) is 0 Å². The van der Waals surface area contributed by atoms with Crippen LogP contribution in [0.15, 0.2) is 54.9 Å². The highest BCUT2D eigenvalue weighted by Gasteiger charge is 2.33. The minimum atomic E-state index is -0.772. The zero-order valence-electron chi connectivity index (χ0n) is 20.7. The zero-order valence-corrected chi connectivity index (χ0v) is 20.7. The lowest BCUT2D eigenvalue weighted by molar-refractivity contribution is -0.0538. The quantitative estimate of drug-likeness (QED) is 0.442. The summed E-state index contributed by atoms with van der Waals surface area (Å²) >= 11 is 0. The summed E-state index contributed by atoms with van der Waals surface area (Å²) < 4.78 is 13.9. The number of aliphatic hydroxyl groups is 1. The van der Waals surface area contributed by atoms with Crippen molar-refractivity contribution in [1.29, 1.82) is 0 Å². The van der Waals surface area contributed by atoms with E-state index in [4.69, 9.17) is 9.47 Å². The second kappa shape index (κ2) is 11.1. The first kappa shape index (κ1) is 24.3. The van der Waals surface area contributed by atoms with Gasteiger partial charge in [0.2, 0.25) is 0 Å². The monoisotopic (exact) mass is 463 g/mol. The van der Waals surface area contributed by atoms with Gasteiger partial charge in [0.1, 0.15) is 23.7 Å². The maximum atomic E-state index is 11.0. The lowest BCUT2D eigenvalue weighted by Crippen LogP contribution is -2.47. The molecular formula is C28H37N3O3. The van der Waals surface area contributed by atoms with Crippen LogP contribution in [0.4, 0.5) is 0 Å². The molecule has 182 valence electrons. The van der Waals surface area contributed by atoms with Crippen molar-refractivity contribution in [3.05, 3.63) is 77.1 Å². The summed E-state index contributed by atoms with van der Waals surface area (Å²) in [5.41, 5.74) is 3.97. The van der Waals surface area contributed by atoms with Crippen LogP contribution in [0.2, 0.25) is 0 Å². The first-order valence-electron chi connectivity index (χ1n) is 12.2. The van der Waals surface area contributed by atoms with E-state index in [0.29, 0.717) is 26.1 Å². The molecule has 0 amide bonds. The van der Waals surface area contributed by atoms with Crippen LogP contribution in [0.3, 0.4) is 0 Å². The van der Waals surface area contributed by atoms with Crippen molar-refractivity contribution in [2.75, 3.05) is 26.3 Å². The summed E-state index contributed by atoms with van der Waals surface area (Å²) in [5.74, 6) is 1.77. The number of nitrogens with zero attached hydrogens (tertiary/aromatic N) is 3. The summed E-state index contributed by atoms with van der Waals surface area (Å²) in [5, 5.41) is 15.3. The normalized spacial score (nSPS) is 15.9. The third kappa shape index (κ3) is 6.84. The number of aryl methyl sites for hydroxylation is 4. The Kier molecular flexibility index (Phi) is 7.91. The van der Waals surface area contributed by atoms with Gasteiger partial charge in [0.05, 0.1) is 12.8 Å². The predicted octanol–water partition coefficient (Wildman–Crippen LogP) is 4.68. The van der Waals surface area contributed by atoms with E-state index in [1.54, 1.807) is 0 Å². The number of hydrogen-bond acceptors (Lipinski definition) is 5. The minimum Gasteiger partial charge on any atom is -0.494 e. The Balaban J connectivity index is 1.20. The maximum Gasteiger partial charge on any atom is 0.122 e. The average molecular weight is 464 g/mol. The van der Waals surface area contributed by atoms with Crippen LogP contribution in [-0.2, 0) is 13.1 Å². The number of ether oxygens (including phenoxy) is 2. The van der Waals surface area contributed by atoms with E-state index in [9.17, 15) is 5.11 Å². The summed E-state index contributed by atoms with van der Waals surface area (Å²) in [7, 11) is 0. The molecule has 2 heterocycles. The maximum absolute atomic E-state index is 11.0. The van der Waals surface area contributed by atoms with Crippen LogP contribution in [0, 0.1) is 20.8 Å². The van der Waals surface area contributed by atoms with Crippen LogP contribution in [-0.4, -0.2) is 51.7 Å². The fourth-order valence-electron chi connectivity index (χ4n) is 4.44. The van der Waals surface area contributed by atoms with E-state index in [-0.39, 0.29) is 0 Å². The van der Waals surface area contributed by atoms with E-state index < -0.39 is 5.60 Å². The molecule has 4 rings (SSSR count). The van der Waals surface area contributed by atoms with Gasteiger partial charge in [-0.3, -0.25) is 9.58 Å². The van der Waals surface area contributed by atoms with Crippen molar-refractivity contribution in [3.63, 3.8) is 0 Å². The Morgan fingerprint density at radius 1 is 1.00 bits per heavy atom. The highest BCUT2D eigenvalue weighted by Crippen LogP contribution is 2.27. The van der Waals surface area contributed by atoms with Gasteiger partial charge in [-0.25, -0.2) is 0 Å². The molecule has 0 atom stereocenters. The highest BCUT2D eigenvalue weighted by atomic mass is 16.5. The largest absolute Gasteiger partial charge is 0.494 e. The van der Waals surface area contributed by atoms with Crippen molar-refractivity contribution in [1.82, 2.24) is 14.7 Å². The summed E-state index contributed by atoms with van der Waals surface area (Å²) in [6.45, 7) is 10.6. The van der Waals surface area contributed by atoms with Gasteiger partial charge in [-0.2, -0.15) is 5.10 Å². The van der Waals surface area contributed by atoms with Crippen molar-refractivity contribution < 1.29 is 14.6 Å². The molecule has 0 saturated carbocycles. The SMILES string of the molecule is Cc1ccc(OCC2(O)CCN(Cc3cccc(OCCCn4cc(C)cn4)c3)CC2)c(C)c1. The number of benzene rings is 2. The van der Waals surface area contributed by atoms with Gasteiger partial charge in [0.25, 0.3) is 0 Å². The Morgan fingerprint density at radius 2 is 1.82 bits per heavy atom. The second-order valence-corrected chi connectivity index (χ2v) is 9.69. The van der Waals surface area contributed by atoms with Crippen LogP contribution in [0.1, 0.15) is 41.5 Å². The van der Waals surface area contributed by atoms with Gasteiger partial charge in [-0.05, 0) is 68.5 Å². The molecule has 0 bridgehead atoms. The van der Waals surface area contributed by atoms with Crippen LogP contribution in [0.25, 0.3) is 0 Å². The van der Waals surface area contributed by atoms with Crippen LogP contribution in [0.5, 0.6) is 11.5 Å². The van der Waals surface area contributed by atoms with Crippen molar-refractivity contribution >= 4 is 0 Å². The molecule has 1 N–H and O–H groups in total. The molecule has 2 aromatic carbocycles. The summed E-state index contributed by atoms with van der Waals surface area (Å²) in [6.07, 6.45) is 6.27. The number of rotatable bonds is 10. The first-order chi connectivity index (χ1) is 16.4. The van der Waals surface area contributed by atoms with E-state index in [1.807, 2.05) is 36.0 Å². The number of aromatic nitrogens is 2. The summed E-state index contributed by atoms with van der Waals surface area (Å²) in [6, 6.07) is 14.5. The number of likely N-dealkylation sites (tertiary alicyclic amines) is 1. The lowest BCUT2D eigenvalue weighted by Gasteiger charge is -2.38. The fraction of sp³-hybridized carbons (Fsp3) is 0.464. The average Bonchev–Trinajstić information content (AvgIpc) is 3.23. The fourth-order valence-corrected chi connectivity index (χ4v) is 4.44. The standard InChI is InChI=1S/C28H37N3O3/c1-22-8-9-27(24(3)16-22)34-21-28(32)10-13-30(14-11-28)20-25-6-4-7-26(17-25)33-15-5-12-31-19-23(2)18-29-31/h4,6-9,16-19,32H,5,10-15,20-21H2,1-3H3. The number of hydrogen-bond donors (Lipinski definition) is 1. The third-order valence-corrected chi connectivity index (χ3v) is 6.48. The van der Waals surface area contributed by atoms with Gasteiger partial charge in [-0.15, -0.1) is 0 Å². The first-order valence-corrected chi connectivity index (χ1v) is 12.2. The summed E-state index contributed by atoms with van der Waals surface area (Å²) in [4.78, 5) is 2.39. The van der Waals surface area contributed by atoms with Gasteiger partial charge < -0.3 is 14.6 Å². The van der Waals surface area contributed by atoms with E-state index in [0.717, 1.165) is 49.7 Å². The van der Waals surface area contributed by atoms with Gasteiger partial charge >= 0.3 is 0 Å². The van der Waals surface area contributed by atoms with Crippen LogP contribution >= 0.6 is 0 Å². The Bertz CT molecular complexity index is 1070. The topological polar surface area (TPSA) is 59.8 Å². The molecule has 1 saturated heterocycles. The Morgan fingerprint density at radius 3 is 2.56 bits per heavy atom. The predicted molar refractivity (Wildman–Crippen MR) is 134 cm³/mol. The molecule has 0 aliphatic carbocycles. The van der Waals surface area contributed by atoms with Gasteiger partial charge in [-0.1, -0.05) is 29.8 Å². The van der Waals surface area contributed by atoms with E-state index in [1.165, 1.54) is 16.7 Å². The Labute approximate surface area is 203 Å². The third-order valence-electron chi connectivity index (χ3n) is 6.48. The molecule has 34 heavy (non-hydrogen) atoms.